The number of aryl methyl sites for hydroxylation is 1. The Balaban J connectivity index is 1.37. The maximum absolute atomic E-state index is 13.3. The number of nitrogens with zero attached hydrogens (tertiary/aromatic N) is 3. The largest absolute Gasteiger partial charge is 0.444 e. The summed E-state index contributed by atoms with van der Waals surface area (Å²) in [4.78, 5) is 40.3. The number of thiophene rings is 1. The van der Waals surface area contributed by atoms with Gasteiger partial charge in [-0.1, -0.05) is 5.21 Å². The molecule has 2 aromatic rings. The van der Waals surface area contributed by atoms with Crippen molar-refractivity contribution in [3.8, 4) is 0 Å². The molecule has 35 heavy (non-hydrogen) atoms. The first-order valence-corrected chi connectivity index (χ1v) is 13.3. The summed E-state index contributed by atoms with van der Waals surface area (Å²) in [6.07, 6.45) is 7.74. The van der Waals surface area contributed by atoms with E-state index in [2.05, 4.69) is 20.9 Å². The molecule has 10 heteroatoms. The second-order valence-electron chi connectivity index (χ2n) is 11.0. The van der Waals surface area contributed by atoms with Gasteiger partial charge in [-0.3, -0.25) is 14.9 Å². The van der Waals surface area contributed by atoms with Crippen molar-refractivity contribution in [1.29, 1.82) is 0 Å². The lowest BCUT2D eigenvalue weighted by Crippen LogP contribution is -2.30. The van der Waals surface area contributed by atoms with Crippen LogP contribution in [0, 0.1) is 11.8 Å². The quantitative estimate of drug-likeness (QED) is 0.566. The predicted octanol–water partition coefficient (Wildman–Crippen LogP) is 4.08. The summed E-state index contributed by atoms with van der Waals surface area (Å²) in [5.74, 6) is 1.39. The Labute approximate surface area is 209 Å². The summed E-state index contributed by atoms with van der Waals surface area (Å²) in [7, 11) is 0. The van der Waals surface area contributed by atoms with Gasteiger partial charge in [0.25, 0.3) is 5.91 Å². The Kier molecular flexibility index (Phi) is 6.41. The minimum atomic E-state index is -0.615. The van der Waals surface area contributed by atoms with Gasteiger partial charge in [-0.25, -0.2) is 9.48 Å². The summed E-state index contributed by atoms with van der Waals surface area (Å²) in [6, 6.07) is -0.0634. The van der Waals surface area contributed by atoms with Gasteiger partial charge in [-0.15, -0.1) is 16.4 Å². The lowest BCUT2D eigenvalue weighted by molar-refractivity contribution is -0.119. The molecule has 3 aliphatic carbocycles. The third-order valence-corrected chi connectivity index (χ3v) is 7.99. The number of fused-ring (bicyclic) bond motifs is 1. The van der Waals surface area contributed by atoms with Crippen molar-refractivity contribution in [2.24, 2.45) is 11.8 Å². The molecular weight excluding hydrogens is 466 g/mol. The number of ether oxygens (including phenoxy) is 1. The maximum Gasteiger partial charge on any atom is 0.413 e. The molecule has 3 aliphatic rings. The van der Waals surface area contributed by atoms with Crippen molar-refractivity contribution in [3.05, 3.63) is 27.1 Å². The van der Waals surface area contributed by atoms with Crippen LogP contribution in [-0.4, -0.2) is 44.9 Å². The first-order chi connectivity index (χ1) is 16.7. The summed E-state index contributed by atoms with van der Waals surface area (Å²) in [6.45, 7) is 6.12. The fourth-order valence-corrected chi connectivity index (χ4v) is 5.94. The van der Waals surface area contributed by atoms with Crippen LogP contribution < -0.4 is 10.6 Å². The van der Waals surface area contributed by atoms with Gasteiger partial charge in [0.15, 0.2) is 5.82 Å². The van der Waals surface area contributed by atoms with Crippen molar-refractivity contribution in [3.63, 3.8) is 0 Å². The number of anilines is 1. The first-order valence-electron chi connectivity index (χ1n) is 12.5. The topological polar surface area (TPSA) is 115 Å². The van der Waals surface area contributed by atoms with Gasteiger partial charge in [-0.2, -0.15) is 0 Å². The molecule has 0 spiro atoms. The number of ketones is 1. The van der Waals surface area contributed by atoms with Crippen molar-refractivity contribution in [2.75, 3.05) is 11.9 Å². The zero-order valence-corrected chi connectivity index (χ0v) is 21.4. The van der Waals surface area contributed by atoms with Crippen LogP contribution in [0.3, 0.4) is 0 Å². The van der Waals surface area contributed by atoms with E-state index in [4.69, 9.17) is 4.74 Å². The highest BCUT2D eigenvalue weighted by molar-refractivity contribution is 7.12. The molecule has 5 rings (SSSR count). The Hall–Kier alpha value is -2.75. The van der Waals surface area contributed by atoms with Gasteiger partial charge in [0.05, 0.1) is 17.8 Å². The maximum atomic E-state index is 13.3. The molecule has 9 nitrogen and oxygen atoms in total. The highest BCUT2D eigenvalue weighted by Gasteiger charge is 2.35. The van der Waals surface area contributed by atoms with Crippen LogP contribution in [0.4, 0.5) is 10.6 Å². The van der Waals surface area contributed by atoms with Gasteiger partial charge in [0.2, 0.25) is 0 Å². The minimum absolute atomic E-state index is 0.0634. The van der Waals surface area contributed by atoms with Crippen LogP contribution in [-0.2, 0) is 28.8 Å². The number of nitrogens with one attached hydrogen (secondary N) is 2. The van der Waals surface area contributed by atoms with Crippen LogP contribution in [0.2, 0.25) is 0 Å². The second kappa shape index (κ2) is 9.37. The molecule has 1 atom stereocenters. The van der Waals surface area contributed by atoms with E-state index >= 15 is 0 Å². The Morgan fingerprint density at radius 1 is 1.17 bits per heavy atom. The molecule has 0 radical (unpaired) electrons. The smallest absolute Gasteiger partial charge is 0.413 e. The lowest BCUT2D eigenvalue weighted by Gasteiger charge is -2.25. The van der Waals surface area contributed by atoms with Crippen LogP contribution >= 0.6 is 11.3 Å². The van der Waals surface area contributed by atoms with Crippen molar-refractivity contribution < 1.29 is 19.1 Å². The zero-order valence-electron chi connectivity index (χ0n) is 20.6. The van der Waals surface area contributed by atoms with Crippen LogP contribution in [0.15, 0.2) is 6.20 Å². The number of carbonyl (C=O) groups is 3. The summed E-state index contributed by atoms with van der Waals surface area (Å²) >= 11 is 1.62. The number of carbonyl (C=O) groups excluding carboxylic acids is 3. The van der Waals surface area contributed by atoms with Gasteiger partial charge >= 0.3 is 6.09 Å². The van der Waals surface area contributed by atoms with Gasteiger partial charge in [-0.05, 0) is 77.2 Å². The third kappa shape index (κ3) is 5.74. The molecule has 2 N–H and O–H groups in total. The predicted molar refractivity (Wildman–Crippen MR) is 132 cm³/mol. The Bertz CT molecular complexity index is 1140. The first kappa shape index (κ1) is 24.0. The summed E-state index contributed by atoms with van der Waals surface area (Å²) in [5.41, 5.74) is 1.08. The number of rotatable bonds is 8. The van der Waals surface area contributed by atoms with E-state index < -0.39 is 11.7 Å². The molecule has 0 bridgehead atoms. The normalized spacial score (nSPS) is 19.7. The monoisotopic (exact) mass is 499 g/mol. The number of hydrogen-bond donors (Lipinski definition) is 2. The molecule has 0 aromatic carbocycles. The van der Waals surface area contributed by atoms with Gasteiger partial charge in [0.1, 0.15) is 11.4 Å². The second-order valence-corrected chi connectivity index (χ2v) is 12.1. The lowest BCUT2D eigenvalue weighted by atomic mass is 9.90. The number of Topliss-reactive ketones (excluding diaryl/α,β-unsaturated/α-hetero) is 1. The molecular formula is C25H33N5O4S. The standard InChI is InChI=1S/C25H33N5O4S/c1-25(2,3)34-24(33)28-21-13-27-29-30(21)16-8-9-19-17(10-16)22(23(32)26-12-14-4-5-14)20(35-19)11-18(31)15-6-7-15/h13-16H,4-12H2,1-3H3,(H,26,32)(H,28,33). The van der Waals surface area contributed by atoms with E-state index in [-0.39, 0.29) is 23.7 Å². The fraction of sp³-hybridized carbons (Fsp3) is 0.640. The highest BCUT2D eigenvalue weighted by Crippen LogP contribution is 2.40. The SMILES string of the molecule is CC(C)(C)OC(=O)Nc1cnnn1C1CCc2sc(CC(=O)C3CC3)c(C(=O)NCC3CC3)c2C1. The van der Waals surface area contributed by atoms with E-state index in [1.54, 1.807) is 16.0 Å². The van der Waals surface area contributed by atoms with Crippen molar-refractivity contribution in [1.82, 2.24) is 20.3 Å². The number of aromatic nitrogens is 3. The van der Waals surface area contributed by atoms with E-state index in [0.29, 0.717) is 36.7 Å². The van der Waals surface area contributed by atoms with E-state index in [9.17, 15) is 14.4 Å². The number of hydrogen-bond acceptors (Lipinski definition) is 7. The van der Waals surface area contributed by atoms with Gasteiger partial charge < -0.3 is 10.1 Å². The molecule has 2 amide bonds. The number of amides is 2. The van der Waals surface area contributed by atoms with E-state index in [1.165, 1.54) is 11.1 Å². The zero-order chi connectivity index (χ0) is 24.7. The highest BCUT2D eigenvalue weighted by atomic mass is 32.1. The van der Waals surface area contributed by atoms with Crippen molar-refractivity contribution >= 4 is 34.9 Å². The van der Waals surface area contributed by atoms with Crippen LogP contribution in [0.5, 0.6) is 0 Å². The molecule has 2 heterocycles. The summed E-state index contributed by atoms with van der Waals surface area (Å²) in [5, 5.41) is 14.1. The van der Waals surface area contributed by atoms with Gasteiger partial charge in [0, 0.05) is 28.6 Å². The van der Waals surface area contributed by atoms with E-state index in [1.807, 2.05) is 20.8 Å². The molecule has 0 saturated heterocycles. The minimum Gasteiger partial charge on any atom is -0.444 e. The molecule has 0 aliphatic heterocycles. The van der Waals surface area contributed by atoms with Crippen LogP contribution in [0.1, 0.15) is 84.6 Å². The Morgan fingerprint density at radius 3 is 2.63 bits per heavy atom. The summed E-state index contributed by atoms with van der Waals surface area (Å²) < 4.78 is 7.09. The average molecular weight is 500 g/mol. The third-order valence-electron chi connectivity index (χ3n) is 6.70. The fourth-order valence-electron chi connectivity index (χ4n) is 4.59. The molecule has 2 aromatic heterocycles. The molecule has 188 valence electrons. The van der Waals surface area contributed by atoms with E-state index in [0.717, 1.165) is 49.0 Å². The average Bonchev–Trinajstić information content (AvgIpc) is 3.70. The molecule has 2 saturated carbocycles. The Morgan fingerprint density at radius 2 is 1.94 bits per heavy atom. The van der Waals surface area contributed by atoms with Crippen LogP contribution in [0.25, 0.3) is 0 Å². The molecule has 1 unspecified atom stereocenters. The molecule has 2 fully saturated rings. The van der Waals surface area contributed by atoms with Crippen molar-refractivity contribution in [2.45, 2.75) is 83.8 Å².